The van der Waals surface area contributed by atoms with Gasteiger partial charge >= 0.3 is 0 Å². The van der Waals surface area contributed by atoms with E-state index in [0.717, 1.165) is 33.2 Å². The van der Waals surface area contributed by atoms with Crippen molar-refractivity contribution in [1.82, 2.24) is 9.97 Å². The summed E-state index contributed by atoms with van der Waals surface area (Å²) in [5.74, 6) is -0.0962. The molecular formula is C23H21N5O3. The Balaban J connectivity index is 1.67. The average Bonchev–Trinajstić information content (AvgIpc) is 2.75. The van der Waals surface area contributed by atoms with Crippen molar-refractivity contribution in [1.29, 1.82) is 0 Å². The number of nitrogens with two attached hydrogens (primary N) is 1. The molecule has 3 aromatic carbocycles. The Kier molecular flexibility index (Phi) is 5.35. The van der Waals surface area contributed by atoms with E-state index in [4.69, 9.17) is 5.73 Å². The molecule has 4 aromatic rings. The molecule has 1 amide bonds. The van der Waals surface area contributed by atoms with E-state index in [1.807, 2.05) is 44.2 Å². The SMILES string of the molecule is Cc1ccc([NH+]([O-])O)cc1NC(=O)c1ccc(C)c(-c2ccc3nc(N)ncc3c2)c1. The Morgan fingerprint density at radius 2 is 1.84 bits per heavy atom. The van der Waals surface area contributed by atoms with Gasteiger partial charge in [0.2, 0.25) is 5.95 Å². The number of fused-ring (bicyclic) bond motifs is 1. The summed E-state index contributed by atoms with van der Waals surface area (Å²) >= 11 is 0. The Hall–Kier alpha value is -3.85. The number of rotatable bonds is 4. The average molecular weight is 415 g/mol. The zero-order valence-electron chi connectivity index (χ0n) is 17.0. The standard InChI is InChI=1S/C23H21N5O3/c1-13-3-5-16(22(29)26-21-11-18(28(30)31)7-4-14(21)2)10-19(13)15-6-8-20-17(9-15)12-25-23(24)27-20/h3-12,28,30H,1-2H3,(H,26,29)(H2,24,25,27). The highest BCUT2D eigenvalue weighted by Crippen LogP contribution is 2.28. The van der Waals surface area contributed by atoms with Crippen LogP contribution >= 0.6 is 0 Å². The molecule has 1 heterocycles. The van der Waals surface area contributed by atoms with Crippen LogP contribution < -0.4 is 16.3 Å². The lowest BCUT2D eigenvalue weighted by atomic mass is 9.97. The lowest BCUT2D eigenvalue weighted by molar-refractivity contribution is -0.991. The monoisotopic (exact) mass is 415 g/mol. The fourth-order valence-electron chi connectivity index (χ4n) is 3.37. The molecule has 0 spiro atoms. The number of nitrogens with one attached hydrogen (secondary N) is 2. The third-order valence-corrected chi connectivity index (χ3v) is 5.14. The molecule has 8 nitrogen and oxygen atoms in total. The van der Waals surface area contributed by atoms with Gasteiger partial charge in [-0.3, -0.25) is 4.79 Å². The molecule has 4 rings (SSSR count). The third kappa shape index (κ3) is 4.22. The van der Waals surface area contributed by atoms with Crippen molar-refractivity contribution in [3.8, 4) is 11.1 Å². The van der Waals surface area contributed by atoms with Crippen molar-refractivity contribution in [2.24, 2.45) is 0 Å². The van der Waals surface area contributed by atoms with E-state index >= 15 is 0 Å². The Bertz CT molecular complexity index is 1300. The summed E-state index contributed by atoms with van der Waals surface area (Å²) in [5.41, 5.74) is 11.1. The first-order valence-corrected chi connectivity index (χ1v) is 9.60. The van der Waals surface area contributed by atoms with Gasteiger partial charge in [0, 0.05) is 35.0 Å². The topological polar surface area (TPSA) is 129 Å². The Labute approximate surface area is 178 Å². The second-order valence-electron chi connectivity index (χ2n) is 7.32. The van der Waals surface area contributed by atoms with Gasteiger partial charge < -0.3 is 16.3 Å². The van der Waals surface area contributed by atoms with E-state index in [1.54, 1.807) is 18.3 Å². The van der Waals surface area contributed by atoms with E-state index in [-0.39, 0.29) is 17.5 Å². The molecule has 5 N–H and O–H groups in total. The van der Waals surface area contributed by atoms with Crippen LogP contribution in [0.2, 0.25) is 0 Å². The van der Waals surface area contributed by atoms with E-state index in [0.29, 0.717) is 11.3 Å². The van der Waals surface area contributed by atoms with Crippen molar-refractivity contribution in [2.45, 2.75) is 13.8 Å². The summed E-state index contributed by atoms with van der Waals surface area (Å²) in [4.78, 5) is 21.2. The molecule has 31 heavy (non-hydrogen) atoms. The molecule has 0 fully saturated rings. The second kappa shape index (κ2) is 8.11. The highest BCUT2D eigenvalue weighted by atomic mass is 16.8. The minimum Gasteiger partial charge on any atom is -0.595 e. The highest BCUT2D eigenvalue weighted by molar-refractivity contribution is 6.05. The predicted octanol–water partition coefficient (Wildman–Crippen LogP) is 3.15. The van der Waals surface area contributed by atoms with Gasteiger partial charge in [-0.25, -0.2) is 15.2 Å². The van der Waals surface area contributed by atoms with Crippen LogP contribution in [-0.2, 0) is 0 Å². The van der Waals surface area contributed by atoms with Crippen molar-refractivity contribution in [2.75, 3.05) is 11.1 Å². The lowest BCUT2D eigenvalue weighted by Crippen LogP contribution is -2.99. The number of carbonyl (C=O) groups excluding carboxylic acids is 1. The molecule has 1 unspecified atom stereocenters. The number of hydrogen-bond donors (Lipinski definition) is 4. The number of nitrogen functional groups attached to an aromatic ring is 1. The Morgan fingerprint density at radius 1 is 1.06 bits per heavy atom. The van der Waals surface area contributed by atoms with Gasteiger partial charge in [0.1, 0.15) is 0 Å². The largest absolute Gasteiger partial charge is 0.595 e. The smallest absolute Gasteiger partial charge is 0.255 e. The number of anilines is 2. The molecule has 0 aliphatic heterocycles. The van der Waals surface area contributed by atoms with Crippen molar-refractivity contribution >= 4 is 34.1 Å². The van der Waals surface area contributed by atoms with Crippen LogP contribution in [0, 0.1) is 19.1 Å². The first-order chi connectivity index (χ1) is 14.8. The predicted molar refractivity (Wildman–Crippen MR) is 119 cm³/mol. The summed E-state index contributed by atoms with van der Waals surface area (Å²) in [5, 5.41) is 23.1. The number of quaternary nitrogens is 1. The summed E-state index contributed by atoms with van der Waals surface area (Å²) < 4.78 is 0. The van der Waals surface area contributed by atoms with E-state index in [2.05, 4.69) is 15.3 Å². The van der Waals surface area contributed by atoms with E-state index in [9.17, 15) is 15.2 Å². The number of hydrogen-bond acceptors (Lipinski definition) is 6. The molecule has 0 aliphatic carbocycles. The van der Waals surface area contributed by atoms with Crippen LogP contribution in [0.1, 0.15) is 21.5 Å². The van der Waals surface area contributed by atoms with Gasteiger partial charge in [-0.15, -0.1) is 0 Å². The minimum absolute atomic E-state index is 0.115. The Morgan fingerprint density at radius 3 is 2.61 bits per heavy atom. The van der Waals surface area contributed by atoms with Gasteiger partial charge in [0.05, 0.1) is 5.52 Å². The maximum Gasteiger partial charge on any atom is 0.255 e. The van der Waals surface area contributed by atoms with Crippen LogP contribution in [0.4, 0.5) is 17.3 Å². The first kappa shape index (κ1) is 20.4. The third-order valence-electron chi connectivity index (χ3n) is 5.14. The zero-order chi connectivity index (χ0) is 22.1. The summed E-state index contributed by atoms with van der Waals surface area (Å²) in [7, 11) is 0. The molecule has 1 atom stereocenters. The van der Waals surface area contributed by atoms with Gasteiger partial charge in [-0.1, -0.05) is 18.2 Å². The van der Waals surface area contributed by atoms with Gasteiger partial charge in [-0.2, -0.15) is 5.23 Å². The fraction of sp³-hybridized carbons (Fsp3) is 0.0870. The number of amides is 1. The molecule has 156 valence electrons. The van der Waals surface area contributed by atoms with E-state index < -0.39 is 5.23 Å². The quantitative estimate of drug-likeness (QED) is 0.379. The maximum absolute atomic E-state index is 12.9. The molecular weight excluding hydrogens is 394 g/mol. The lowest BCUT2D eigenvalue weighted by Gasteiger charge is -2.15. The van der Waals surface area contributed by atoms with Gasteiger partial charge in [0.25, 0.3) is 5.91 Å². The molecule has 0 radical (unpaired) electrons. The number of carbonyl (C=O) groups is 1. The first-order valence-electron chi connectivity index (χ1n) is 9.60. The highest BCUT2D eigenvalue weighted by Gasteiger charge is 2.13. The van der Waals surface area contributed by atoms with Crippen molar-refractivity contribution in [3.63, 3.8) is 0 Å². The minimum atomic E-state index is -1.05. The molecule has 8 heteroatoms. The van der Waals surface area contributed by atoms with E-state index in [1.165, 1.54) is 12.1 Å². The van der Waals surface area contributed by atoms with Crippen LogP contribution in [0.3, 0.4) is 0 Å². The number of benzene rings is 3. The van der Waals surface area contributed by atoms with Crippen LogP contribution in [-0.4, -0.2) is 21.1 Å². The van der Waals surface area contributed by atoms with Crippen LogP contribution in [0.5, 0.6) is 0 Å². The molecule has 0 saturated heterocycles. The van der Waals surface area contributed by atoms with Crippen LogP contribution in [0.15, 0.2) is 60.8 Å². The zero-order valence-corrected chi connectivity index (χ0v) is 17.0. The van der Waals surface area contributed by atoms with Crippen molar-refractivity contribution < 1.29 is 15.2 Å². The van der Waals surface area contributed by atoms with Crippen LogP contribution in [0.25, 0.3) is 22.0 Å². The number of aromatic nitrogens is 2. The molecule has 0 saturated carbocycles. The summed E-state index contributed by atoms with van der Waals surface area (Å²) in [6.07, 6.45) is 1.67. The number of aryl methyl sites for hydroxylation is 2. The van der Waals surface area contributed by atoms with Crippen molar-refractivity contribution in [3.05, 3.63) is 82.7 Å². The molecule has 0 bridgehead atoms. The number of nitrogens with zero attached hydrogens (tertiary/aromatic N) is 2. The normalized spacial score (nSPS) is 12.0. The summed E-state index contributed by atoms with van der Waals surface area (Å²) in [6.45, 7) is 3.78. The summed E-state index contributed by atoms with van der Waals surface area (Å²) in [6, 6.07) is 15.8. The fourth-order valence-corrected chi connectivity index (χ4v) is 3.37. The molecule has 0 aliphatic rings. The molecule has 1 aromatic heterocycles. The van der Waals surface area contributed by atoms with Gasteiger partial charge in [0.15, 0.2) is 5.69 Å². The maximum atomic E-state index is 12.9. The van der Waals surface area contributed by atoms with Gasteiger partial charge in [-0.05, 0) is 60.4 Å². The second-order valence-corrected chi connectivity index (χ2v) is 7.32.